The topological polar surface area (TPSA) is 118 Å². The number of carbonyl (C=O) groups is 1. The second kappa shape index (κ2) is 9.49. The summed E-state index contributed by atoms with van der Waals surface area (Å²) in [4.78, 5) is 28.5. The molecule has 4 N–H and O–H groups in total. The number of nitrogens with zero attached hydrogens (tertiary/aromatic N) is 4. The van der Waals surface area contributed by atoms with Crippen LogP contribution in [-0.2, 0) is 11.3 Å². The van der Waals surface area contributed by atoms with Gasteiger partial charge in [-0.2, -0.15) is 0 Å². The van der Waals surface area contributed by atoms with Crippen molar-refractivity contribution in [3.05, 3.63) is 47.8 Å². The number of carbonyl (C=O) groups excluding carboxylic acids is 1. The van der Waals surface area contributed by atoms with Crippen LogP contribution in [0.3, 0.4) is 0 Å². The molecule has 0 saturated carbocycles. The molecule has 3 aliphatic heterocycles. The van der Waals surface area contributed by atoms with E-state index in [0.29, 0.717) is 40.3 Å². The number of aromatic nitrogens is 3. The van der Waals surface area contributed by atoms with E-state index >= 15 is 0 Å². The Morgan fingerprint density at radius 3 is 2.63 bits per heavy atom. The van der Waals surface area contributed by atoms with Crippen LogP contribution in [0.15, 0.2) is 36.7 Å². The normalized spacial score (nSPS) is 24.5. The molecule has 3 fully saturated rings. The third-order valence-corrected chi connectivity index (χ3v) is 7.27. The van der Waals surface area contributed by atoms with E-state index in [2.05, 4.69) is 49.8 Å². The minimum absolute atomic E-state index is 0.249. The average Bonchev–Trinajstić information content (AvgIpc) is 3.22. The molecule has 0 aliphatic carbocycles. The van der Waals surface area contributed by atoms with E-state index in [0.717, 1.165) is 51.1 Å². The van der Waals surface area contributed by atoms with Crippen molar-refractivity contribution < 1.29 is 9.53 Å². The number of primary amides is 1. The minimum Gasteiger partial charge on any atom is -0.372 e. The fourth-order valence-electron chi connectivity index (χ4n) is 5.52. The number of amides is 1. The zero-order chi connectivity index (χ0) is 23.8. The molecule has 3 aromatic rings. The lowest BCUT2D eigenvalue weighted by Gasteiger charge is -2.32. The molecule has 0 spiro atoms. The number of likely N-dealkylation sites (tertiary alicyclic amines) is 1. The summed E-state index contributed by atoms with van der Waals surface area (Å²) in [6.07, 6.45) is 6.73. The molecule has 1 aromatic carbocycles. The standard InChI is InChI=1S/C26H31N7O2/c27-25(34)21-10-22(32-24-23(21)29-15-30-26(24)31-18-2-1-9-28-11-18)17-5-3-16(4-6-17)12-33-13-19-7-8-20(14-33)35-19/h3-6,10,15,18-20,28H,1-2,7-9,11-14H2,(H2,27,34)(H,29,30,31)/t18-,19?,20?/m0/s1. The zero-order valence-electron chi connectivity index (χ0n) is 19.7. The van der Waals surface area contributed by atoms with Gasteiger partial charge in [0, 0.05) is 37.8 Å². The number of benzene rings is 1. The van der Waals surface area contributed by atoms with Crippen LogP contribution in [0.4, 0.5) is 5.82 Å². The number of rotatable bonds is 6. The number of piperidine rings is 1. The number of hydrogen-bond acceptors (Lipinski definition) is 8. The largest absolute Gasteiger partial charge is 0.372 e. The SMILES string of the molecule is NC(=O)c1cc(-c2ccc(CN3CC4CCC(C3)O4)cc2)nc2c(N[C@H]3CCCNC3)ncnc12. The van der Waals surface area contributed by atoms with Crippen molar-refractivity contribution in [3.63, 3.8) is 0 Å². The molecule has 3 saturated heterocycles. The van der Waals surface area contributed by atoms with Crippen LogP contribution in [0.2, 0.25) is 0 Å². The van der Waals surface area contributed by atoms with Gasteiger partial charge >= 0.3 is 0 Å². The van der Waals surface area contributed by atoms with E-state index in [-0.39, 0.29) is 6.04 Å². The van der Waals surface area contributed by atoms with Crippen molar-refractivity contribution in [3.8, 4) is 11.3 Å². The molecule has 2 aromatic heterocycles. The molecule has 2 bridgehead atoms. The Morgan fingerprint density at radius 2 is 1.91 bits per heavy atom. The number of morpholine rings is 1. The van der Waals surface area contributed by atoms with Gasteiger partial charge in [-0.15, -0.1) is 0 Å². The van der Waals surface area contributed by atoms with Crippen LogP contribution >= 0.6 is 0 Å². The number of hydrogen-bond donors (Lipinski definition) is 3. The zero-order valence-corrected chi connectivity index (χ0v) is 19.7. The maximum absolute atomic E-state index is 12.3. The number of fused-ring (bicyclic) bond motifs is 3. The van der Waals surface area contributed by atoms with E-state index in [1.165, 1.54) is 24.7 Å². The van der Waals surface area contributed by atoms with Crippen molar-refractivity contribution in [2.45, 2.75) is 50.5 Å². The first-order valence-electron chi connectivity index (χ1n) is 12.5. The highest BCUT2D eigenvalue weighted by Crippen LogP contribution is 2.29. The van der Waals surface area contributed by atoms with Crippen LogP contribution < -0.4 is 16.4 Å². The first-order chi connectivity index (χ1) is 17.1. The smallest absolute Gasteiger partial charge is 0.251 e. The number of pyridine rings is 1. The third-order valence-electron chi connectivity index (χ3n) is 7.27. The third kappa shape index (κ3) is 4.71. The van der Waals surface area contributed by atoms with Crippen molar-refractivity contribution in [2.24, 2.45) is 5.73 Å². The maximum Gasteiger partial charge on any atom is 0.251 e. The highest BCUT2D eigenvalue weighted by atomic mass is 16.5. The Bertz CT molecular complexity index is 1210. The summed E-state index contributed by atoms with van der Waals surface area (Å²) >= 11 is 0. The number of nitrogens with two attached hydrogens (primary N) is 1. The molecular weight excluding hydrogens is 442 g/mol. The first-order valence-corrected chi connectivity index (χ1v) is 12.5. The molecule has 2 unspecified atom stereocenters. The molecule has 6 rings (SSSR count). The number of nitrogens with one attached hydrogen (secondary N) is 2. The predicted octanol–water partition coefficient (Wildman–Crippen LogP) is 2.32. The Kier molecular flexibility index (Phi) is 6.05. The van der Waals surface area contributed by atoms with Gasteiger partial charge in [0.2, 0.25) is 0 Å². The van der Waals surface area contributed by atoms with Crippen LogP contribution in [0.25, 0.3) is 22.3 Å². The average molecular weight is 474 g/mol. The summed E-state index contributed by atoms with van der Waals surface area (Å²) in [5.41, 5.74) is 9.99. The second-order valence-electron chi connectivity index (χ2n) is 9.87. The first kappa shape index (κ1) is 22.3. The summed E-state index contributed by atoms with van der Waals surface area (Å²) in [6, 6.07) is 10.4. The van der Waals surface area contributed by atoms with Gasteiger partial charge in [-0.3, -0.25) is 9.69 Å². The quantitative estimate of drug-likeness (QED) is 0.499. The van der Waals surface area contributed by atoms with Crippen LogP contribution in [0.5, 0.6) is 0 Å². The monoisotopic (exact) mass is 473 g/mol. The molecule has 3 aliphatic rings. The van der Waals surface area contributed by atoms with Gasteiger partial charge in [-0.05, 0) is 43.9 Å². The van der Waals surface area contributed by atoms with Gasteiger partial charge in [0.05, 0.1) is 23.5 Å². The van der Waals surface area contributed by atoms with Crippen LogP contribution in [0.1, 0.15) is 41.6 Å². The maximum atomic E-state index is 12.3. The van der Waals surface area contributed by atoms with Crippen molar-refractivity contribution in [1.29, 1.82) is 0 Å². The van der Waals surface area contributed by atoms with E-state index in [1.807, 2.05) is 0 Å². The van der Waals surface area contributed by atoms with Crippen molar-refractivity contribution in [1.82, 2.24) is 25.2 Å². The Morgan fingerprint density at radius 1 is 1.11 bits per heavy atom. The Labute approximate surface area is 204 Å². The minimum atomic E-state index is -0.527. The van der Waals surface area contributed by atoms with Gasteiger partial charge < -0.3 is 21.1 Å². The fraction of sp³-hybridized carbons (Fsp3) is 0.462. The molecule has 0 radical (unpaired) electrons. The summed E-state index contributed by atoms with van der Waals surface area (Å²) < 4.78 is 5.96. The molecule has 35 heavy (non-hydrogen) atoms. The van der Waals surface area contributed by atoms with Gasteiger partial charge in [-0.25, -0.2) is 15.0 Å². The number of anilines is 1. The molecule has 3 atom stereocenters. The highest BCUT2D eigenvalue weighted by Gasteiger charge is 2.33. The van der Waals surface area contributed by atoms with Gasteiger partial charge in [0.15, 0.2) is 5.82 Å². The van der Waals surface area contributed by atoms with Crippen molar-refractivity contribution in [2.75, 3.05) is 31.5 Å². The summed E-state index contributed by atoms with van der Waals surface area (Å²) in [5.74, 6) is 0.104. The molecule has 5 heterocycles. The van der Waals surface area contributed by atoms with Gasteiger partial charge in [0.1, 0.15) is 17.4 Å². The van der Waals surface area contributed by atoms with E-state index < -0.39 is 5.91 Å². The summed E-state index contributed by atoms with van der Waals surface area (Å²) in [7, 11) is 0. The van der Waals surface area contributed by atoms with Gasteiger partial charge in [-0.1, -0.05) is 24.3 Å². The summed E-state index contributed by atoms with van der Waals surface area (Å²) in [5, 5.41) is 6.89. The van der Waals surface area contributed by atoms with E-state index in [1.54, 1.807) is 6.07 Å². The molecule has 1 amide bonds. The highest BCUT2D eigenvalue weighted by molar-refractivity contribution is 6.06. The number of ether oxygens (including phenoxy) is 1. The van der Waals surface area contributed by atoms with Crippen molar-refractivity contribution >= 4 is 22.8 Å². The molecule has 182 valence electrons. The van der Waals surface area contributed by atoms with E-state index in [9.17, 15) is 4.79 Å². The second-order valence-corrected chi connectivity index (χ2v) is 9.87. The fourth-order valence-corrected chi connectivity index (χ4v) is 5.52. The lowest BCUT2D eigenvalue weighted by Crippen LogP contribution is -2.41. The molecular formula is C26H31N7O2. The lowest BCUT2D eigenvalue weighted by atomic mass is 10.0. The molecule has 9 nitrogen and oxygen atoms in total. The Balaban J connectivity index is 1.29. The van der Waals surface area contributed by atoms with Crippen LogP contribution in [-0.4, -0.2) is 70.2 Å². The lowest BCUT2D eigenvalue weighted by molar-refractivity contribution is -0.0410. The van der Waals surface area contributed by atoms with E-state index in [4.69, 9.17) is 15.5 Å². The molecule has 9 heteroatoms. The Hall–Kier alpha value is -3.14. The summed E-state index contributed by atoms with van der Waals surface area (Å²) in [6.45, 7) is 4.79. The van der Waals surface area contributed by atoms with Gasteiger partial charge in [0.25, 0.3) is 5.91 Å². The van der Waals surface area contributed by atoms with Crippen LogP contribution in [0, 0.1) is 0 Å². The predicted molar refractivity (Wildman–Crippen MR) is 134 cm³/mol.